The summed E-state index contributed by atoms with van der Waals surface area (Å²) in [5.41, 5.74) is 0.613. The number of rotatable bonds is 2. The van der Waals surface area contributed by atoms with Gasteiger partial charge in [-0.25, -0.2) is 0 Å². The lowest BCUT2D eigenvalue weighted by molar-refractivity contribution is 0.148. The summed E-state index contributed by atoms with van der Waals surface area (Å²) in [7, 11) is 0. The van der Waals surface area contributed by atoms with Gasteiger partial charge >= 0.3 is 0 Å². The number of nitrogens with zero attached hydrogens (tertiary/aromatic N) is 3. The number of pyridine rings is 1. The second-order valence-electron chi connectivity index (χ2n) is 4.42. The van der Waals surface area contributed by atoms with Crippen molar-refractivity contribution in [3.63, 3.8) is 0 Å². The van der Waals surface area contributed by atoms with Gasteiger partial charge < -0.3 is 9.63 Å². The van der Waals surface area contributed by atoms with Crippen molar-refractivity contribution in [3.05, 3.63) is 29.2 Å². The van der Waals surface area contributed by atoms with Crippen LogP contribution in [-0.2, 0) is 0 Å². The quantitative estimate of drug-likeness (QED) is 0.903. The molecule has 18 heavy (non-hydrogen) atoms. The van der Waals surface area contributed by atoms with Crippen LogP contribution in [0.15, 0.2) is 22.9 Å². The van der Waals surface area contributed by atoms with Gasteiger partial charge in [-0.15, -0.1) is 0 Å². The Hall–Kier alpha value is -1.46. The van der Waals surface area contributed by atoms with E-state index in [1.54, 1.807) is 12.1 Å². The van der Waals surface area contributed by atoms with Crippen molar-refractivity contribution >= 4 is 11.6 Å². The number of hydrogen-bond acceptors (Lipinski definition) is 5. The summed E-state index contributed by atoms with van der Waals surface area (Å²) in [6, 6.07) is 3.46. The van der Waals surface area contributed by atoms with Crippen molar-refractivity contribution < 1.29 is 9.63 Å². The average molecular weight is 266 g/mol. The van der Waals surface area contributed by atoms with E-state index >= 15 is 0 Å². The molecule has 0 radical (unpaired) electrons. The maximum absolute atomic E-state index is 9.80. The molecule has 1 fully saturated rings. The predicted octanol–water partition coefficient (Wildman–Crippen LogP) is 2.41. The molecule has 1 aliphatic carbocycles. The van der Waals surface area contributed by atoms with Crippen molar-refractivity contribution in [1.29, 1.82) is 0 Å². The van der Waals surface area contributed by atoms with Crippen molar-refractivity contribution in [2.75, 3.05) is 0 Å². The summed E-state index contributed by atoms with van der Waals surface area (Å²) in [6.45, 7) is 0. The van der Waals surface area contributed by atoms with E-state index in [1.165, 1.54) is 6.20 Å². The topological polar surface area (TPSA) is 72.0 Å². The van der Waals surface area contributed by atoms with Crippen LogP contribution in [0.2, 0.25) is 5.02 Å². The van der Waals surface area contributed by atoms with E-state index < -0.39 is 0 Å². The predicted molar refractivity (Wildman–Crippen MR) is 65.1 cm³/mol. The van der Waals surface area contributed by atoms with E-state index in [1.807, 2.05) is 0 Å². The molecule has 2 atom stereocenters. The molecule has 1 aliphatic rings. The van der Waals surface area contributed by atoms with Crippen molar-refractivity contribution in [3.8, 4) is 11.5 Å². The zero-order chi connectivity index (χ0) is 12.5. The maximum atomic E-state index is 9.80. The summed E-state index contributed by atoms with van der Waals surface area (Å²) in [5, 5.41) is 14.3. The molecule has 0 aromatic carbocycles. The molecule has 6 heteroatoms. The standard InChI is InChI=1S/C12H12ClN3O2/c13-7-4-5-9(14-6-7)11-15-12(18-16-11)8-2-1-3-10(8)17/h4-6,8,10,17H,1-3H2. The third-order valence-electron chi connectivity index (χ3n) is 3.19. The number of halogens is 1. The Morgan fingerprint density at radius 2 is 2.22 bits per heavy atom. The van der Waals surface area contributed by atoms with Gasteiger partial charge in [0.15, 0.2) is 0 Å². The second-order valence-corrected chi connectivity index (χ2v) is 4.86. The van der Waals surface area contributed by atoms with Gasteiger partial charge in [0.25, 0.3) is 0 Å². The molecule has 0 bridgehead atoms. The molecule has 2 aromatic rings. The Balaban J connectivity index is 1.87. The van der Waals surface area contributed by atoms with Gasteiger partial charge in [0, 0.05) is 6.20 Å². The molecule has 0 amide bonds. The Morgan fingerprint density at radius 1 is 1.33 bits per heavy atom. The fourth-order valence-electron chi connectivity index (χ4n) is 2.23. The highest BCUT2D eigenvalue weighted by molar-refractivity contribution is 6.30. The number of aliphatic hydroxyl groups excluding tert-OH is 1. The van der Waals surface area contributed by atoms with Gasteiger partial charge in [0.2, 0.25) is 11.7 Å². The van der Waals surface area contributed by atoms with Crippen molar-refractivity contribution in [1.82, 2.24) is 15.1 Å². The van der Waals surface area contributed by atoms with Gasteiger partial charge in [-0.3, -0.25) is 4.98 Å². The van der Waals surface area contributed by atoms with E-state index in [0.29, 0.717) is 22.4 Å². The Bertz CT molecular complexity index is 541. The van der Waals surface area contributed by atoms with E-state index in [9.17, 15) is 5.11 Å². The van der Waals surface area contributed by atoms with E-state index in [2.05, 4.69) is 15.1 Å². The largest absolute Gasteiger partial charge is 0.392 e. The number of aromatic nitrogens is 3. The van der Waals surface area contributed by atoms with Crippen LogP contribution in [-0.4, -0.2) is 26.3 Å². The highest BCUT2D eigenvalue weighted by atomic mass is 35.5. The van der Waals surface area contributed by atoms with E-state index in [4.69, 9.17) is 16.1 Å². The molecule has 94 valence electrons. The molecule has 3 rings (SSSR count). The molecule has 5 nitrogen and oxygen atoms in total. The number of hydrogen-bond donors (Lipinski definition) is 1. The average Bonchev–Trinajstić information content (AvgIpc) is 2.98. The lowest BCUT2D eigenvalue weighted by atomic mass is 10.1. The molecule has 0 aliphatic heterocycles. The van der Waals surface area contributed by atoms with Gasteiger partial charge in [0.1, 0.15) is 5.69 Å². The van der Waals surface area contributed by atoms with Crippen LogP contribution in [0.4, 0.5) is 0 Å². The summed E-state index contributed by atoms with van der Waals surface area (Å²) in [6.07, 6.45) is 3.83. The first-order valence-corrected chi connectivity index (χ1v) is 6.25. The second kappa shape index (κ2) is 4.66. The van der Waals surface area contributed by atoms with Crippen LogP contribution in [0.25, 0.3) is 11.5 Å². The van der Waals surface area contributed by atoms with Gasteiger partial charge in [-0.1, -0.05) is 16.8 Å². The first-order valence-electron chi connectivity index (χ1n) is 5.87. The zero-order valence-electron chi connectivity index (χ0n) is 9.58. The summed E-state index contributed by atoms with van der Waals surface area (Å²) < 4.78 is 5.21. The van der Waals surface area contributed by atoms with Crippen molar-refractivity contribution in [2.45, 2.75) is 31.3 Å². The smallest absolute Gasteiger partial charge is 0.232 e. The first-order chi connectivity index (χ1) is 8.74. The van der Waals surface area contributed by atoms with Gasteiger partial charge in [-0.2, -0.15) is 4.98 Å². The van der Waals surface area contributed by atoms with Crippen LogP contribution < -0.4 is 0 Å². The minimum absolute atomic E-state index is 0.0430. The zero-order valence-corrected chi connectivity index (χ0v) is 10.3. The molecule has 2 unspecified atom stereocenters. The van der Waals surface area contributed by atoms with Gasteiger partial charge in [-0.05, 0) is 31.4 Å². The highest BCUT2D eigenvalue weighted by Crippen LogP contribution is 2.34. The molecular formula is C12H12ClN3O2. The highest BCUT2D eigenvalue weighted by Gasteiger charge is 2.31. The van der Waals surface area contributed by atoms with E-state index in [-0.39, 0.29) is 12.0 Å². The maximum Gasteiger partial charge on any atom is 0.232 e. The Labute approximate surface area is 109 Å². The molecular weight excluding hydrogens is 254 g/mol. The third-order valence-corrected chi connectivity index (χ3v) is 3.42. The molecule has 0 saturated heterocycles. The lowest BCUT2D eigenvalue weighted by Crippen LogP contribution is -2.11. The summed E-state index contributed by atoms with van der Waals surface area (Å²) in [4.78, 5) is 8.43. The third kappa shape index (κ3) is 2.11. The molecule has 1 saturated carbocycles. The van der Waals surface area contributed by atoms with Crippen LogP contribution in [0.5, 0.6) is 0 Å². The Kier molecular flexibility index (Phi) is 3.01. The minimum atomic E-state index is -0.378. The van der Waals surface area contributed by atoms with Gasteiger partial charge in [0.05, 0.1) is 17.0 Å². The first kappa shape index (κ1) is 11.6. The molecule has 2 heterocycles. The van der Waals surface area contributed by atoms with Crippen LogP contribution in [0, 0.1) is 0 Å². The monoisotopic (exact) mass is 265 g/mol. The number of aliphatic hydroxyl groups is 1. The van der Waals surface area contributed by atoms with E-state index in [0.717, 1.165) is 19.3 Å². The van der Waals surface area contributed by atoms with Crippen LogP contribution in [0.1, 0.15) is 31.1 Å². The summed E-state index contributed by atoms with van der Waals surface area (Å²) in [5.74, 6) is 0.881. The SMILES string of the molecule is OC1CCCC1c1nc(-c2ccc(Cl)cn2)no1. The molecule has 1 N–H and O–H groups in total. The lowest BCUT2D eigenvalue weighted by Gasteiger charge is -2.07. The van der Waals surface area contributed by atoms with Crippen LogP contribution >= 0.6 is 11.6 Å². The normalized spacial score (nSPS) is 23.4. The fraction of sp³-hybridized carbons (Fsp3) is 0.417. The van der Waals surface area contributed by atoms with Crippen molar-refractivity contribution in [2.24, 2.45) is 0 Å². The summed E-state index contributed by atoms with van der Waals surface area (Å²) >= 11 is 5.77. The molecule has 0 spiro atoms. The fourth-order valence-corrected chi connectivity index (χ4v) is 2.34. The van der Waals surface area contributed by atoms with Crippen LogP contribution in [0.3, 0.4) is 0 Å². The molecule has 2 aromatic heterocycles. The Morgan fingerprint density at radius 3 is 2.89 bits per heavy atom. The minimum Gasteiger partial charge on any atom is -0.392 e.